The summed E-state index contributed by atoms with van der Waals surface area (Å²) in [5.41, 5.74) is 4.64. The van der Waals surface area contributed by atoms with Crippen LogP contribution in [0.1, 0.15) is 18.1 Å². The second-order valence-corrected chi connectivity index (χ2v) is 6.70. The van der Waals surface area contributed by atoms with Crippen molar-refractivity contribution < 1.29 is 9.90 Å². The Morgan fingerprint density at radius 1 is 1.32 bits per heavy atom. The molecule has 2 aromatic carbocycles. The first-order valence-electron chi connectivity index (χ1n) is 7.78. The lowest BCUT2D eigenvalue weighted by Crippen LogP contribution is -2.34. The number of rotatable bonds is 7. The molecule has 5 nitrogen and oxygen atoms in total. The Bertz CT molecular complexity index is 773. The molecule has 0 radical (unpaired) electrons. The molecular weight excluding hydrogens is 429 g/mol. The Balaban J connectivity index is 1.94. The molecule has 6 heteroatoms. The predicted octanol–water partition coefficient (Wildman–Crippen LogP) is 3.68. The summed E-state index contributed by atoms with van der Waals surface area (Å²) in [5, 5.41) is 17.2. The highest BCUT2D eigenvalue weighted by Gasteiger charge is 2.11. The van der Waals surface area contributed by atoms with Crippen molar-refractivity contribution in [3.05, 3.63) is 69.8 Å². The Hall–Kier alpha value is -2.35. The van der Waals surface area contributed by atoms with Crippen LogP contribution in [0, 0.1) is 3.57 Å². The van der Waals surface area contributed by atoms with E-state index in [1.807, 2.05) is 36.4 Å². The Labute approximate surface area is 161 Å². The monoisotopic (exact) mass is 449 g/mol. The number of nitrogens with one attached hydrogen (secondary N) is 2. The number of aromatic hydroxyl groups is 1. The van der Waals surface area contributed by atoms with Crippen LogP contribution in [0.4, 0.5) is 5.69 Å². The average Bonchev–Trinajstić information content (AvgIpc) is 2.60. The van der Waals surface area contributed by atoms with Gasteiger partial charge in [-0.25, -0.2) is 5.43 Å². The SMILES string of the molecule is C=CCc1cccc(/C=N/NC(=O)C(C)Nc2ccc(I)cc2)c1O. The van der Waals surface area contributed by atoms with E-state index in [2.05, 4.69) is 45.0 Å². The molecule has 0 saturated heterocycles. The maximum absolute atomic E-state index is 12.1. The van der Waals surface area contributed by atoms with Gasteiger partial charge in [0, 0.05) is 14.8 Å². The van der Waals surface area contributed by atoms with Crippen molar-refractivity contribution in [2.24, 2.45) is 5.10 Å². The number of carbonyl (C=O) groups is 1. The van der Waals surface area contributed by atoms with Crippen LogP contribution < -0.4 is 10.7 Å². The number of carbonyl (C=O) groups excluding carboxylic acids is 1. The Kier molecular flexibility index (Phi) is 7.00. The number of nitrogens with zero attached hydrogens (tertiary/aromatic N) is 1. The van der Waals surface area contributed by atoms with Gasteiger partial charge in [-0.15, -0.1) is 6.58 Å². The standard InChI is InChI=1S/C19H20IN3O2/c1-3-5-14-6-4-7-15(18(14)24)12-21-23-19(25)13(2)22-17-10-8-16(20)9-11-17/h3-4,6-13,22,24H,1,5H2,2H3,(H,23,25)/b21-12+. The fourth-order valence-electron chi connectivity index (χ4n) is 2.16. The van der Waals surface area contributed by atoms with E-state index in [9.17, 15) is 9.90 Å². The molecule has 0 aromatic heterocycles. The third-order valence-electron chi connectivity index (χ3n) is 3.51. The zero-order valence-corrected chi connectivity index (χ0v) is 16.0. The highest BCUT2D eigenvalue weighted by Crippen LogP contribution is 2.21. The molecule has 0 saturated carbocycles. The summed E-state index contributed by atoms with van der Waals surface area (Å²) in [5.74, 6) is -0.123. The quantitative estimate of drug-likeness (QED) is 0.261. The first kappa shape index (κ1) is 19.0. The maximum Gasteiger partial charge on any atom is 0.262 e. The van der Waals surface area contributed by atoms with Gasteiger partial charge in [-0.05, 0) is 71.8 Å². The number of hydrogen-bond acceptors (Lipinski definition) is 4. The van der Waals surface area contributed by atoms with E-state index in [1.165, 1.54) is 6.21 Å². The zero-order valence-electron chi connectivity index (χ0n) is 13.9. The fraction of sp³-hybridized carbons (Fsp3) is 0.158. The summed E-state index contributed by atoms with van der Waals surface area (Å²) in [6.45, 7) is 5.42. The van der Waals surface area contributed by atoms with E-state index in [-0.39, 0.29) is 11.7 Å². The normalized spacial score (nSPS) is 11.9. The van der Waals surface area contributed by atoms with Crippen molar-refractivity contribution in [2.45, 2.75) is 19.4 Å². The van der Waals surface area contributed by atoms with Gasteiger partial charge in [0.1, 0.15) is 11.8 Å². The third-order valence-corrected chi connectivity index (χ3v) is 4.23. The lowest BCUT2D eigenvalue weighted by molar-refractivity contribution is -0.121. The predicted molar refractivity (Wildman–Crippen MR) is 110 cm³/mol. The molecule has 0 aliphatic heterocycles. The largest absolute Gasteiger partial charge is 0.507 e. The van der Waals surface area contributed by atoms with Gasteiger partial charge in [0.25, 0.3) is 5.91 Å². The summed E-state index contributed by atoms with van der Waals surface area (Å²) in [7, 11) is 0. The van der Waals surface area contributed by atoms with E-state index < -0.39 is 6.04 Å². The molecule has 1 unspecified atom stereocenters. The molecule has 0 aliphatic carbocycles. The van der Waals surface area contributed by atoms with E-state index in [0.717, 1.165) is 14.8 Å². The molecule has 2 rings (SSSR count). The molecule has 130 valence electrons. The van der Waals surface area contributed by atoms with E-state index in [1.54, 1.807) is 19.1 Å². The molecule has 1 atom stereocenters. The van der Waals surface area contributed by atoms with Crippen LogP contribution in [0.25, 0.3) is 0 Å². The molecule has 0 heterocycles. The number of hydrogen-bond donors (Lipinski definition) is 3. The van der Waals surface area contributed by atoms with Gasteiger partial charge in [0.05, 0.1) is 6.21 Å². The first-order valence-corrected chi connectivity index (χ1v) is 8.86. The van der Waals surface area contributed by atoms with Gasteiger partial charge in [-0.2, -0.15) is 5.10 Å². The number of anilines is 1. The second-order valence-electron chi connectivity index (χ2n) is 5.45. The maximum atomic E-state index is 12.1. The van der Waals surface area contributed by atoms with Crippen molar-refractivity contribution in [3.63, 3.8) is 0 Å². The number of amides is 1. The van der Waals surface area contributed by atoms with Crippen LogP contribution in [0.15, 0.2) is 60.2 Å². The van der Waals surface area contributed by atoms with Crippen molar-refractivity contribution in [1.82, 2.24) is 5.43 Å². The van der Waals surface area contributed by atoms with E-state index in [4.69, 9.17) is 0 Å². The number of benzene rings is 2. The summed E-state index contributed by atoms with van der Waals surface area (Å²) < 4.78 is 1.13. The van der Waals surface area contributed by atoms with Gasteiger partial charge < -0.3 is 10.4 Å². The highest BCUT2D eigenvalue weighted by atomic mass is 127. The topological polar surface area (TPSA) is 73.7 Å². The lowest BCUT2D eigenvalue weighted by atomic mass is 10.1. The molecule has 0 spiro atoms. The second kappa shape index (κ2) is 9.22. The summed E-state index contributed by atoms with van der Waals surface area (Å²) in [6, 6.07) is 12.7. The number of phenols is 1. The van der Waals surface area contributed by atoms with Gasteiger partial charge in [-0.3, -0.25) is 4.79 Å². The number of phenolic OH excluding ortho intramolecular Hbond substituents is 1. The van der Waals surface area contributed by atoms with Crippen LogP contribution in [0.5, 0.6) is 5.75 Å². The van der Waals surface area contributed by atoms with Crippen LogP contribution in [0.2, 0.25) is 0 Å². The summed E-state index contributed by atoms with van der Waals surface area (Å²) >= 11 is 2.23. The van der Waals surface area contributed by atoms with Crippen LogP contribution >= 0.6 is 22.6 Å². The summed E-state index contributed by atoms with van der Waals surface area (Å²) in [6.07, 6.45) is 3.71. The number of para-hydroxylation sites is 1. The van der Waals surface area contributed by atoms with Crippen molar-refractivity contribution in [2.75, 3.05) is 5.32 Å². The van der Waals surface area contributed by atoms with Crippen LogP contribution in [-0.2, 0) is 11.2 Å². The molecule has 0 bridgehead atoms. The van der Waals surface area contributed by atoms with Gasteiger partial charge in [0.15, 0.2) is 0 Å². The van der Waals surface area contributed by atoms with Gasteiger partial charge in [-0.1, -0.05) is 18.2 Å². The Morgan fingerprint density at radius 3 is 2.72 bits per heavy atom. The molecule has 3 N–H and O–H groups in total. The minimum absolute atomic E-state index is 0.144. The highest BCUT2D eigenvalue weighted by molar-refractivity contribution is 14.1. The van der Waals surface area contributed by atoms with Crippen molar-refractivity contribution >= 4 is 40.4 Å². The minimum Gasteiger partial charge on any atom is -0.507 e. The number of halogens is 1. The average molecular weight is 449 g/mol. The molecule has 2 aromatic rings. The number of allylic oxidation sites excluding steroid dienone is 1. The fourth-order valence-corrected chi connectivity index (χ4v) is 2.52. The molecule has 0 fully saturated rings. The molecule has 1 amide bonds. The summed E-state index contributed by atoms with van der Waals surface area (Å²) in [4.78, 5) is 12.1. The molecule has 0 aliphatic rings. The van der Waals surface area contributed by atoms with Crippen LogP contribution in [-0.4, -0.2) is 23.3 Å². The van der Waals surface area contributed by atoms with Gasteiger partial charge >= 0.3 is 0 Å². The molecular formula is C19H20IN3O2. The number of hydrazone groups is 1. The van der Waals surface area contributed by atoms with Gasteiger partial charge in [0.2, 0.25) is 0 Å². The van der Waals surface area contributed by atoms with E-state index in [0.29, 0.717) is 12.0 Å². The van der Waals surface area contributed by atoms with Crippen molar-refractivity contribution in [1.29, 1.82) is 0 Å². The Morgan fingerprint density at radius 2 is 2.04 bits per heavy atom. The smallest absolute Gasteiger partial charge is 0.262 e. The minimum atomic E-state index is -0.446. The third kappa shape index (κ3) is 5.60. The van der Waals surface area contributed by atoms with Crippen molar-refractivity contribution in [3.8, 4) is 5.75 Å². The first-order chi connectivity index (χ1) is 12.0. The van der Waals surface area contributed by atoms with Crippen LogP contribution in [0.3, 0.4) is 0 Å². The van der Waals surface area contributed by atoms with E-state index >= 15 is 0 Å². The zero-order chi connectivity index (χ0) is 18.2. The molecule has 25 heavy (non-hydrogen) atoms. The lowest BCUT2D eigenvalue weighted by Gasteiger charge is -2.13.